The van der Waals surface area contributed by atoms with Crippen LogP contribution in [0.2, 0.25) is 0 Å². The summed E-state index contributed by atoms with van der Waals surface area (Å²) in [6.45, 7) is 4.41. The number of hydrogen-bond donors (Lipinski definition) is 0. The van der Waals surface area contributed by atoms with Crippen molar-refractivity contribution in [3.63, 3.8) is 0 Å². The Morgan fingerprint density at radius 2 is 1.89 bits per heavy atom. The predicted octanol–water partition coefficient (Wildman–Crippen LogP) is 2.35. The van der Waals surface area contributed by atoms with Crippen LogP contribution < -0.4 is 0 Å². The van der Waals surface area contributed by atoms with Gasteiger partial charge in [0.2, 0.25) is 0 Å². The fourth-order valence-corrected chi connectivity index (χ4v) is 1.58. The maximum absolute atomic E-state index is 13.4. The van der Waals surface area contributed by atoms with Crippen LogP contribution in [0, 0.1) is 11.6 Å². The van der Waals surface area contributed by atoms with Crippen molar-refractivity contribution in [1.82, 2.24) is 4.90 Å². The van der Waals surface area contributed by atoms with Crippen LogP contribution >= 0.6 is 0 Å². The molecule has 0 unspecified atom stereocenters. The van der Waals surface area contributed by atoms with Gasteiger partial charge < -0.3 is 4.74 Å². The van der Waals surface area contributed by atoms with Crippen molar-refractivity contribution < 1.29 is 18.3 Å². The highest BCUT2D eigenvalue weighted by molar-refractivity contribution is 5.71. The number of carbonyl (C=O) groups is 1. The fourth-order valence-electron chi connectivity index (χ4n) is 1.58. The largest absolute Gasteiger partial charge is 0.465 e. The lowest BCUT2D eigenvalue weighted by Gasteiger charge is -2.19. The molecule has 0 bridgehead atoms. The second-order valence-electron chi connectivity index (χ2n) is 3.81. The van der Waals surface area contributed by atoms with E-state index in [0.29, 0.717) is 13.2 Å². The monoisotopic (exact) mass is 257 g/mol. The Kier molecular flexibility index (Phi) is 5.71. The summed E-state index contributed by atoms with van der Waals surface area (Å²) in [6.07, 6.45) is 0. The first-order chi connectivity index (χ1) is 8.58. The van der Waals surface area contributed by atoms with Gasteiger partial charge in [-0.05, 0) is 25.6 Å². The molecule has 0 fully saturated rings. The van der Waals surface area contributed by atoms with Crippen molar-refractivity contribution in [2.75, 3.05) is 19.7 Å². The van der Waals surface area contributed by atoms with Crippen LogP contribution in [0.3, 0.4) is 0 Å². The van der Waals surface area contributed by atoms with Gasteiger partial charge in [-0.15, -0.1) is 0 Å². The summed E-state index contributed by atoms with van der Waals surface area (Å²) in [7, 11) is 0. The minimum absolute atomic E-state index is 0.0244. The highest BCUT2D eigenvalue weighted by Gasteiger charge is 2.15. The number of halogens is 2. The average molecular weight is 257 g/mol. The number of carbonyl (C=O) groups excluding carboxylic acids is 1. The van der Waals surface area contributed by atoms with Crippen molar-refractivity contribution in [1.29, 1.82) is 0 Å². The lowest BCUT2D eigenvalue weighted by Crippen LogP contribution is -2.31. The van der Waals surface area contributed by atoms with E-state index in [0.717, 1.165) is 0 Å². The summed E-state index contributed by atoms with van der Waals surface area (Å²) in [4.78, 5) is 12.9. The molecule has 0 aliphatic rings. The van der Waals surface area contributed by atoms with Crippen LogP contribution in [0.4, 0.5) is 8.78 Å². The summed E-state index contributed by atoms with van der Waals surface area (Å²) < 4.78 is 31.7. The molecule has 0 heterocycles. The van der Waals surface area contributed by atoms with Gasteiger partial charge in [0.05, 0.1) is 13.2 Å². The van der Waals surface area contributed by atoms with Crippen LogP contribution in [0.1, 0.15) is 19.4 Å². The smallest absolute Gasteiger partial charge is 0.320 e. The Bertz CT molecular complexity index is 390. The van der Waals surface area contributed by atoms with Gasteiger partial charge in [0, 0.05) is 12.1 Å². The SMILES string of the molecule is CCOC(=O)CN(CC)Cc1c(F)cccc1F. The molecule has 0 N–H and O–H groups in total. The molecule has 3 nitrogen and oxygen atoms in total. The number of esters is 1. The first kappa shape index (κ1) is 14.6. The zero-order valence-electron chi connectivity index (χ0n) is 10.6. The molecule has 1 aromatic rings. The number of ether oxygens (including phenoxy) is 1. The number of hydrogen-bond acceptors (Lipinski definition) is 3. The summed E-state index contributed by atoms with van der Waals surface area (Å²) in [5, 5.41) is 0. The predicted molar refractivity (Wildman–Crippen MR) is 63.9 cm³/mol. The second kappa shape index (κ2) is 7.06. The van der Waals surface area contributed by atoms with Crippen LogP contribution in [0.15, 0.2) is 18.2 Å². The van der Waals surface area contributed by atoms with Gasteiger partial charge in [0.25, 0.3) is 0 Å². The molecule has 0 atom stereocenters. The summed E-state index contributed by atoms with van der Waals surface area (Å²) >= 11 is 0. The molecule has 18 heavy (non-hydrogen) atoms. The lowest BCUT2D eigenvalue weighted by atomic mass is 10.2. The molecule has 1 aromatic carbocycles. The van der Waals surface area contributed by atoms with E-state index in [1.807, 2.05) is 6.92 Å². The zero-order valence-corrected chi connectivity index (χ0v) is 10.6. The van der Waals surface area contributed by atoms with Crippen molar-refractivity contribution in [2.45, 2.75) is 20.4 Å². The molecule has 0 spiro atoms. The van der Waals surface area contributed by atoms with E-state index in [2.05, 4.69) is 0 Å². The Morgan fingerprint density at radius 1 is 1.28 bits per heavy atom. The van der Waals surface area contributed by atoms with Crippen molar-refractivity contribution in [3.05, 3.63) is 35.4 Å². The second-order valence-corrected chi connectivity index (χ2v) is 3.81. The lowest BCUT2D eigenvalue weighted by molar-refractivity contribution is -0.144. The molecule has 0 saturated carbocycles. The highest BCUT2D eigenvalue weighted by Crippen LogP contribution is 2.14. The minimum atomic E-state index is -0.600. The molecule has 100 valence electrons. The maximum atomic E-state index is 13.4. The summed E-state index contributed by atoms with van der Waals surface area (Å²) in [5.41, 5.74) is -0.0244. The minimum Gasteiger partial charge on any atom is -0.465 e. The molecule has 0 amide bonds. The average Bonchev–Trinajstić information content (AvgIpc) is 2.33. The Labute approximate surface area is 105 Å². The van der Waals surface area contributed by atoms with E-state index in [9.17, 15) is 13.6 Å². The quantitative estimate of drug-likeness (QED) is 0.733. The fraction of sp³-hybridized carbons (Fsp3) is 0.462. The molecule has 0 radical (unpaired) electrons. The molecule has 0 saturated heterocycles. The van der Waals surface area contributed by atoms with E-state index in [4.69, 9.17) is 4.74 Å². The zero-order chi connectivity index (χ0) is 13.5. The van der Waals surface area contributed by atoms with Gasteiger partial charge in [-0.25, -0.2) is 8.78 Å². The number of likely N-dealkylation sites (N-methyl/N-ethyl adjacent to an activating group) is 1. The molecule has 0 aliphatic carbocycles. The van der Waals surface area contributed by atoms with E-state index >= 15 is 0 Å². The van der Waals surface area contributed by atoms with Gasteiger partial charge in [-0.3, -0.25) is 9.69 Å². The van der Waals surface area contributed by atoms with Crippen LogP contribution in [-0.4, -0.2) is 30.6 Å². The molecular formula is C13H17F2NO2. The van der Waals surface area contributed by atoms with Gasteiger partial charge in [-0.2, -0.15) is 0 Å². The van der Waals surface area contributed by atoms with Gasteiger partial charge in [-0.1, -0.05) is 13.0 Å². The number of benzene rings is 1. The van der Waals surface area contributed by atoms with E-state index in [-0.39, 0.29) is 18.7 Å². The standard InChI is InChI=1S/C13H17F2NO2/c1-3-16(9-13(17)18-4-2)8-10-11(14)6-5-7-12(10)15/h5-7H,3-4,8-9H2,1-2H3. The Balaban J connectivity index is 2.71. The third-order valence-corrected chi connectivity index (χ3v) is 2.55. The van der Waals surface area contributed by atoms with Crippen LogP contribution in [-0.2, 0) is 16.1 Å². The van der Waals surface area contributed by atoms with Crippen molar-refractivity contribution in [3.8, 4) is 0 Å². The van der Waals surface area contributed by atoms with Crippen molar-refractivity contribution in [2.24, 2.45) is 0 Å². The maximum Gasteiger partial charge on any atom is 0.320 e. The molecular weight excluding hydrogens is 240 g/mol. The highest BCUT2D eigenvalue weighted by atomic mass is 19.1. The van der Waals surface area contributed by atoms with Gasteiger partial charge in [0.1, 0.15) is 11.6 Å². The molecule has 1 rings (SSSR count). The van der Waals surface area contributed by atoms with Gasteiger partial charge >= 0.3 is 5.97 Å². The summed E-state index contributed by atoms with van der Waals surface area (Å²) in [5.74, 6) is -1.59. The number of rotatable bonds is 6. The number of nitrogens with zero attached hydrogens (tertiary/aromatic N) is 1. The third-order valence-electron chi connectivity index (χ3n) is 2.55. The van der Waals surface area contributed by atoms with Gasteiger partial charge in [0.15, 0.2) is 0 Å². The van der Waals surface area contributed by atoms with Crippen molar-refractivity contribution >= 4 is 5.97 Å². The van der Waals surface area contributed by atoms with E-state index in [1.54, 1.807) is 11.8 Å². The van der Waals surface area contributed by atoms with E-state index < -0.39 is 17.6 Å². The molecule has 5 heteroatoms. The van der Waals surface area contributed by atoms with Crippen LogP contribution in [0.5, 0.6) is 0 Å². The molecule has 0 aromatic heterocycles. The topological polar surface area (TPSA) is 29.5 Å². The molecule has 0 aliphatic heterocycles. The first-order valence-corrected chi connectivity index (χ1v) is 5.89. The van der Waals surface area contributed by atoms with Crippen LogP contribution in [0.25, 0.3) is 0 Å². The Morgan fingerprint density at radius 3 is 2.39 bits per heavy atom. The third kappa shape index (κ3) is 4.07. The summed E-state index contributed by atoms with van der Waals surface area (Å²) in [6, 6.07) is 3.73. The Hall–Kier alpha value is -1.49. The first-order valence-electron chi connectivity index (χ1n) is 5.89. The van der Waals surface area contributed by atoms with E-state index in [1.165, 1.54) is 18.2 Å². The normalized spacial score (nSPS) is 10.7.